The minimum atomic E-state index is 1.01. The molecule has 0 amide bonds. The zero-order valence-corrected chi connectivity index (χ0v) is 10.2. The van der Waals surface area contributed by atoms with Gasteiger partial charge in [-0.1, -0.05) is 6.07 Å². The first kappa shape index (κ1) is 10.4. The predicted molar refractivity (Wildman–Crippen MR) is 67.7 cm³/mol. The normalized spacial score (nSPS) is 10.7. The van der Waals surface area contributed by atoms with Crippen LogP contribution in [0.3, 0.4) is 0 Å². The Morgan fingerprint density at radius 3 is 2.27 bits per heavy atom. The Bertz CT molecular complexity index is 497. The standard InChI is InChI=1S/C13H15NS/c1-8-7-11(15)4-5-12(8)13-9(2)6-10(3)14-13/h4-7,14-15H,1-3H3. The minimum Gasteiger partial charge on any atom is -0.358 e. The molecule has 2 heteroatoms. The van der Waals surface area contributed by atoms with Gasteiger partial charge in [-0.3, -0.25) is 0 Å². The third-order valence-corrected chi connectivity index (χ3v) is 2.91. The molecule has 0 saturated carbocycles. The summed E-state index contributed by atoms with van der Waals surface area (Å²) in [6, 6.07) is 8.41. The Morgan fingerprint density at radius 2 is 1.73 bits per heavy atom. The molecule has 0 saturated heterocycles. The van der Waals surface area contributed by atoms with E-state index < -0.39 is 0 Å². The van der Waals surface area contributed by atoms with Crippen molar-refractivity contribution in [1.82, 2.24) is 4.98 Å². The van der Waals surface area contributed by atoms with Gasteiger partial charge in [0.1, 0.15) is 0 Å². The first-order valence-electron chi connectivity index (χ1n) is 5.04. The maximum absolute atomic E-state index is 4.33. The number of hydrogen-bond acceptors (Lipinski definition) is 1. The molecule has 1 aromatic carbocycles. The average Bonchev–Trinajstić information content (AvgIpc) is 2.45. The van der Waals surface area contributed by atoms with Crippen LogP contribution in [0.15, 0.2) is 29.2 Å². The molecule has 0 unspecified atom stereocenters. The van der Waals surface area contributed by atoms with E-state index in [1.54, 1.807) is 0 Å². The Morgan fingerprint density at radius 1 is 1.00 bits per heavy atom. The lowest BCUT2D eigenvalue weighted by atomic mass is 10.0. The molecule has 0 spiro atoms. The summed E-state index contributed by atoms with van der Waals surface area (Å²) in [4.78, 5) is 4.41. The van der Waals surface area contributed by atoms with Crippen LogP contribution in [0.25, 0.3) is 11.3 Å². The molecule has 15 heavy (non-hydrogen) atoms. The fourth-order valence-electron chi connectivity index (χ4n) is 1.94. The van der Waals surface area contributed by atoms with Crippen LogP contribution in [0, 0.1) is 20.8 Å². The van der Waals surface area contributed by atoms with E-state index in [1.165, 1.54) is 28.1 Å². The number of nitrogens with one attached hydrogen (secondary N) is 1. The number of aromatic nitrogens is 1. The smallest absolute Gasteiger partial charge is 0.0488 e. The highest BCUT2D eigenvalue weighted by Crippen LogP contribution is 2.27. The lowest BCUT2D eigenvalue weighted by Gasteiger charge is -2.06. The molecule has 1 nitrogen and oxygen atoms in total. The highest BCUT2D eigenvalue weighted by molar-refractivity contribution is 7.80. The second kappa shape index (κ2) is 3.78. The van der Waals surface area contributed by atoms with Gasteiger partial charge in [0.2, 0.25) is 0 Å². The summed E-state index contributed by atoms with van der Waals surface area (Å²) in [6.07, 6.45) is 0. The first-order chi connectivity index (χ1) is 7.08. The van der Waals surface area contributed by atoms with E-state index in [1.807, 2.05) is 6.07 Å². The van der Waals surface area contributed by atoms with Gasteiger partial charge in [0.05, 0.1) is 0 Å². The molecular formula is C13H15NS. The maximum Gasteiger partial charge on any atom is 0.0488 e. The van der Waals surface area contributed by atoms with Crippen molar-refractivity contribution in [2.24, 2.45) is 0 Å². The quantitative estimate of drug-likeness (QED) is 0.674. The van der Waals surface area contributed by atoms with Crippen LogP contribution in [-0.2, 0) is 0 Å². The van der Waals surface area contributed by atoms with Crippen molar-refractivity contribution in [2.75, 3.05) is 0 Å². The molecule has 1 N–H and O–H groups in total. The van der Waals surface area contributed by atoms with Crippen molar-refractivity contribution in [3.05, 3.63) is 41.1 Å². The molecule has 0 aliphatic carbocycles. The monoisotopic (exact) mass is 217 g/mol. The SMILES string of the molecule is Cc1cc(C)c(-c2ccc(S)cc2C)[nH]1. The lowest BCUT2D eigenvalue weighted by molar-refractivity contribution is 1.25. The Labute approximate surface area is 95.9 Å². The van der Waals surface area contributed by atoms with E-state index in [0.717, 1.165) is 4.90 Å². The van der Waals surface area contributed by atoms with Gasteiger partial charge >= 0.3 is 0 Å². The molecule has 0 fully saturated rings. The molecule has 0 aliphatic rings. The van der Waals surface area contributed by atoms with Crippen LogP contribution >= 0.6 is 12.6 Å². The Balaban J connectivity index is 2.59. The van der Waals surface area contributed by atoms with Gasteiger partial charge in [0.15, 0.2) is 0 Å². The summed E-state index contributed by atoms with van der Waals surface area (Å²) in [7, 11) is 0. The zero-order chi connectivity index (χ0) is 11.0. The van der Waals surface area contributed by atoms with Crippen molar-refractivity contribution in [1.29, 1.82) is 0 Å². The molecule has 0 radical (unpaired) electrons. The van der Waals surface area contributed by atoms with Gasteiger partial charge in [-0.2, -0.15) is 0 Å². The molecule has 78 valence electrons. The fraction of sp³-hybridized carbons (Fsp3) is 0.231. The summed E-state index contributed by atoms with van der Waals surface area (Å²) < 4.78 is 0. The van der Waals surface area contributed by atoms with Crippen molar-refractivity contribution >= 4 is 12.6 Å². The number of aryl methyl sites for hydroxylation is 3. The van der Waals surface area contributed by atoms with Gasteiger partial charge in [-0.15, -0.1) is 12.6 Å². The number of H-pyrrole nitrogens is 1. The van der Waals surface area contributed by atoms with E-state index in [4.69, 9.17) is 0 Å². The van der Waals surface area contributed by atoms with Gasteiger partial charge < -0.3 is 4.98 Å². The molecule has 0 aliphatic heterocycles. The van der Waals surface area contributed by atoms with E-state index >= 15 is 0 Å². The second-order valence-electron chi connectivity index (χ2n) is 4.01. The Hall–Kier alpha value is -1.15. The topological polar surface area (TPSA) is 15.8 Å². The van der Waals surface area contributed by atoms with Crippen molar-refractivity contribution in [2.45, 2.75) is 25.7 Å². The highest BCUT2D eigenvalue weighted by Gasteiger charge is 2.07. The number of rotatable bonds is 1. The lowest BCUT2D eigenvalue weighted by Crippen LogP contribution is -1.85. The number of benzene rings is 1. The molecule has 1 aromatic heterocycles. The van der Waals surface area contributed by atoms with E-state index in [0.29, 0.717) is 0 Å². The molecule has 1 heterocycles. The van der Waals surface area contributed by atoms with Gasteiger partial charge in [-0.05, 0) is 50.1 Å². The maximum atomic E-state index is 4.33. The van der Waals surface area contributed by atoms with Crippen LogP contribution in [0.1, 0.15) is 16.8 Å². The van der Waals surface area contributed by atoms with Crippen LogP contribution in [0.2, 0.25) is 0 Å². The van der Waals surface area contributed by atoms with Gasteiger partial charge in [0, 0.05) is 21.8 Å². The Kier molecular flexibility index (Phi) is 2.61. The van der Waals surface area contributed by atoms with E-state index in [2.05, 4.69) is 56.6 Å². The number of thiol groups is 1. The van der Waals surface area contributed by atoms with Crippen LogP contribution < -0.4 is 0 Å². The van der Waals surface area contributed by atoms with Crippen molar-refractivity contribution in [3.8, 4) is 11.3 Å². The predicted octanol–water partition coefficient (Wildman–Crippen LogP) is 3.90. The third kappa shape index (κ3) is 1.95. The van der Waals surface area contributed by atoms with Crippen LogP contribution in [-0.4, -0.2) is 4.98 Å². The van der Waals surface area contributed by atoms with Gasteiger partial charge in [-0.25, -0.2) is 0 Å². The van der Waals surface area contributed by atoms with Crippen LogP contribution in [0.4, 0.5) is 0 Å². The number of aromatic amines is 1. The molecular weight excluding hydrogens is 202 g/mol. The molecule has 0 atom stereocenters. The summed E-state index contributed by atoms with van der Waals surface area (Å²) in [5.41, 5.74) is 6.24. The second-order valence-corrected chi connectivity index (χ2v) is 4.53. The van der Waals surface area contributed by atoms with Crippen molar-refractivity contribution in [3.63, 3.8) is 0 Å². The summed E-state index contributed by atoms with van der Waals surface area (Å²) >= 11 is 4.33. The summed E-state index contributed by atoms with van der Waals surface area (Å²) in [5, 5.41) is 0. The highest BCUT2D eigenvalue weighted by atomic mass is 32.1. The van der Waals surface area contributed by atoms with Gasteiger partial charge in [0.25, 0.3) is 0 Å². The van der Waals surface area contributed by atoms with E-state index in [-0.39, 0.29) is 0 Å². The third-order valence-electron chi connectivity index (χ3n) is 2.63. The van der Waals surface area contributed by atoms with Crippen molar-refractivity contribution < 1.29 is 0 Å². The van der Waals surface area contributed by atoms with Crippen LogP contribution in [0.5, 0.6) is 0 Å². The number of hydrogen-bond donors (Lipinski definition) is 2. The molecule has 2 rings (SSSR count). The summed E-state index contributed by atoms with van der Waals surface area (Å²) in [5.74, 6) is 0. The summed E-state index contributed by atoms with van der Waals surface area (Å²) in [6.45, 7) is 6.33. The minimum absolute atomic E-state index is 1.01. The van der Waals surface area contributed by atoms with E-state index in [9.17, 15) is 0 Å². The molecule has 2 aromatic rings. The zero-order valence-electron chi connectivity index (χ0n) is 9.26. The fourth-order valence-corrected chi connectivity index (χ4v) is 2.21. The average molecular weight is 217 g/mol. The first-order valence-corrected chi connectivity index (χ1v) is 5.49. The largest absolute Gasteiger partial charge is 0.358 e. The molecule has 0 bridgehead atoms.